The summed E-state index contributed by atoms with van der Waals surface area (Å²) in [6.07, 6.45) is 3.31. The number of carbonyl (C=O) groups is 1. The van der Waals surface area contributed by atoms with Gasteiger partial charge in [0.1, 0.15) is 0 Å². The summed E-state index contributed by atoms with van der Waals surface area (Å²) < 4.78 is 0.703. The standard InChI is InChI=1S/C13H10BrClN2O/c1-17(10-3-2-6-16-8-10)13(18)9-4-5-12(15)11(14)7-9/h2-8H,1H3. The number of hydrogen-bond donors (Lipinski definition) is 0. The van der Waals surface area contributed by atoms with Gasteiger partial charge in [-0.05, 0) is 46.3 Å². The summed E-state index contributed by atoms with van der Waals surface area (Å²) in [6, 6.07) is 8.71. The van der Waals surface area contributed by atoms with Crippen LogP contribution in [0.4, 0.5) is 5.69 Å². The second-order valence-corrected chi connectivity index (χ2v) is 4.97. The maximum atomic E-state index is 12.2. The Balaban J connectivity index is 2.29. The third-order valence-corrected chi connectivity index (χ3v) is 3.72. The normalized spacial score (nSPS) is 10.2. The Kier molecular flexibility index (Phi) is 3.99. The molecule has 0 saturated heterocycles. The molecular formula is C13H10BrClN2O. The van der Waals surface area contributed by atoms with Crippen molar-refractivity contribution >= 4 is 39.1 Å². The number of benzene rings is 1. The van der Waals surface area contributed by atoms with E-state index < -0.39 is 0 Å². The number of hydrogen-bond acceptors (Lipinski definition) is 2. The van der Waals surface area contributed by atoms with Crippen molar-refractivity contribution in [3.63, 3.8) is 0 Å². The third kappa shape index (κ3) is 2.71. The van der Waals surface area contributed by atoms with Gasteiger partial charge in [-0.2, -0.15) is 0 Å². The van der Waals surface area contributed by atoms with Gasteiger partial charge in [0.25, 0.3) is 5.91 Å². The van der Waals surface area contributed by atoms with Crippen molar-refractivity contribution in [2.24, 2.45) is 0 Å². The summed E-state index contributed by atoms with van der Waals surface area (Å²) in [6.45, 7) is 0. The van der Waals surface area contributed by atoms with E-state index in [9.17, 15) is 4.79 Å². The number of anilines is 1. The monoisotopic (exact) mass is 324 g/mol. The van der Waals surface area contributed by atoms with E-state index in [-0.39, 0.29) is 5.91 Å². The first kappa shape index (κ1) is 13.1. The molecule has 0 fully saturated rings. The zero-order chi connectivity index (χ0) is 13.1. The van der Waals surface area contributed by atoms with E-state index in [1.54, 1.807) is 48.6 Å². The Morgan fingerprint density at radius 2 is 2.17 bits per heavy atom. The first-order valence-corrected chi connectivity index (χ1v) is 6.40. The largest absolute Gasteiger partial charge is 0.310 e. The number of aromatic nitrogens is 1. The molecule has 0 radical (unpaired) electrons. The number of halogens is 2. The quantitative estimate of drug-likeness (QED) is 0.842. The van der Waals surface area contributed by atoms with Gasteiger partial charge in [-0.3, -0.25) is 9.78 Å². The molecule has 92 valence electrons. The minimum atomic E-state index is -0.111. The van der Waals surface area contributed by atoms with E-state index in [2.05, 4.69) is 20.9 Å². The van der Waals surface area contributed by atoms with E-state index in [1.165, 1.54) is 0 Å². The van der Waals surface area contributed by atoms with Crippen LogP contribution in [0.3, 0.4) is 0 Å². The van der Waals surface area contributed by atoms with Gasteiger partial charge in [-0.15, -0.1) is 0 Å². The Bertz CT molecular complexity index is 574. The number of carbonyl (C=O) groups excluding carboxylic acids is 1. The molecule has 3 nitrogen and oxygen atoms in total. The maximum Gasteiger partial charge on any atom is 0.258 e. The van der Waals surface area contributed by atoms with Gasteiger partial charge in [-0.25, -0.2) is 0 Å². The molecule has 0 aliphatic rings. The number of amides is 1. The van der Waals surface area contributed by atoms with Gasteiger partial charge in [0.2, 0.25) is 0 Å². The highest BCUT2D eigenvalue weighted by Crippen LogP contribution is 2.24. The minimum absolute atomic E-state index is 0.111. The molecule has 0 aliphatic carbocycles. The summed E-state index contributed by atoms with van der Waals surface area (Å²) in [4.78, 5) is 17.8. The Morgan fingerprint density at radius 1 is 1.39 bits per heavy atom. The average molecular weight is 326 g/mol. The molecule has 1 aromatic heterocycles. The minimum Gasteiger partial charge on any atom is -0.310 e. The number of pyridine rings is 1. The van der Waals surface area contributed by atoms with Gasteiger partial charge in [0, 0.05) is 23.3 Å². The van der Waals surface area contributed by atoms with E-state index in [4.69, 9.17) is 11.6 Å². The fraction of sp³-hybridized carbons (Fsp3) is 0.0769. The molecule has 1 amide bonds. The SMILES string of the molecule is CN(C(=O)c1ccc(Cl)c(Br)c1)c1cccnc1. The molecule has 2 rings (SSSR count). The highest BCUT2D eigenvalue weighted by atomic mass is 79.9. The van der Waals surface area contributed by atoms with Crippen LogP contribution in [0, 0.1) is 0 Å². The molecule has 0 aliphatic heterocycles. The molecule has 18 heavy (non-hydrogen) atoms. The van der Waals surface area contributed by atoms with Crippen LogP contribution in [0.1, 0.15) is 10.4 Å². The lowest BCUT2D eigenvalue weighted by molar-refractivity contribution is 0.0993. The molecule has 5 heteroatoms. The van der Waals surface area contributed by atoms with Gasteiger partial charge < -0.3 is 4.90 Å². The number of nitrogens with zero attached hydrogens (tertiary/aromatic N) is 2. The fourth-order valence-electron chi connectivity index (χ4n) is 1.49. The second kappa shape index (κ2) is 5.50. The lowest BCUT2D eigenvalue weighted by Crippen LogP contribution is -2.26. The van der Waals surface area contributed by atoms with Crippen LogP contribution in [0.2, 0.25) is 5.02 Å². The lowest BCUT2D eigenvalue weighted by Gasteiger charge is -2.17. The van der Waals surface area contributed by atoms with Gasteiger partial charge in [-0.1, -0.05) is 11.6 Å². The van der Waals surface area contributed by atoms with Crippen molar-refractivity contribution in [3.05, 3.63) is 57.8 Å². The van der Waals surface area contributed by atoms with E-state index in [0.29, 0.717) is 15.1 Å². The molecule has 0 N–H and O–H groups in total. The molecule has 0 atom stereocenters. The van der Waals surface area contributed by atoms with Crippen LogP contribution in [-0.4, -0.2) is 17.9 Å². The van der Waals surface area contributed by atoms with Crippen molar-refractivity contribution < 1.29 is 4.79 Å². The molecule has 0 saturated carbocycles. The first-order chi connectivity index (χ1) is 8.59. The number of rotatable bonds is 2. The fourth-order valence-corrected chi connectivity index (χ4v) is 1.99. The molecule has 1 heterocycles. The van der Waals surface area contributed by atoms with Crippen LogP contribution < -0.4 is 4.90 Å². The predicted molar refractivity (Wildman–Crippen MR) is 76.1 cm³/mol. The topological polar surface area (TPSA) is 33.2 Å². The molecule has 0 bridgehead atoms. The zero-order valence-corrected chi connectivity index (χ0v) is 11.9. The van der Waals surface area contributed by atoms with E-state index in [1.807, 2.05) is 6.07 Å². The Hall–Kier alpha value is -1.39. The zero-order valence-electron chi connectivity index (χ0n) is 9.60. The van der Waals surface area contributed by atoms with Crippen LogP contribution >= 0.6 is 27.5 Å². The maximum absolute atomic E-state index is 12.2. The second-order valence-electron chi connectivity index (χ2n) is 3.70. The van der Waals surface area contributed by atoms with Gasteiger partial charge in [0.15, 0.2) is 0 Å². The summed E-state index contributed by atoms with van der Waals surface area (Å²) in [5.41, 5.74) is 1.31. The average Bonchev–Trinajstić information content (AvgIpc) is 2.41. The molecular weight excluding hydrogens is 316 g/mol. The van der Waals surface area contributed by atoms with Crippen molar-refractivity contribution in [3.8, 4) is 0 Å². The summed E-state index contributed by atoms with van der Waals surface area (Å²) in [7, 11) is 1.71. The van der Waals surface area contributed by atoms with Gasteiger partial charge >= 0.3 is 0 Å². The predicted octanol–water partition coefficient (Wildman–Crippen LogP) is 3.77. The summed E-state index contributed by atoms with van der Waals surface area (Å²) in [5, 5.41) is 0.579. The van der Waals surface area contributed by atoms with Crippen molar-refractivity contribution in [2.75, 3.05) is 11.9 Å². The van der Waals surface area contributed by atoms with Crippen molar-refractivity contribution in [2.45, 2.75) is 0 Å². The summed E-state index contributed by atoms with van der Waals surface area (Å²) >= 11 is 9.20. The molecule has 0 spiro atoms. The van der Waals surface area contributed by atoms with E-state index in [0.717, 1.165) is 5.69 Å². The Labute approximate surface area is 119 Å². The van der Waals surface area contributed by atoms with Crippen LogP contribution in [0.15, 0.2) is 47.2 Å². The van der Waals surface area contributed by atoms with Crippen LogP contribution in [0.25, 0.3) is 0 Å². The Morgan fingerprint density at radius 3 is 2.78 bits per heavy atom. The van der Waals surface area contributed by atoms with Crippen LogP contribution in [-0.2, 0) is 0 Å². The van der Waals surface area contributed by atoms with Crippen LogP contribution in [0.5, 0.6) is 0 Å². The molecule has 0 unspecified atom stereocenters. The highest BCUT2D eigenvalue weighted by Gasteiger charge is 2.14. The van der Waals surface area contributed by atoms with Crippen molar-refractivity contribution in [1.82, 2.24) is 4.98 Å². The first-order valence-electron chi connectivity index (χ1n) is 5.22. The van der Waals surface area contributed by atoms with E-state index >= 15 is 0 Å². The lowest BCUT2D eigenvalue weighted by atomic mass is 10.2. The van der Waals surface area contributed by atoms with Crippen molar-refractivity contribution in [1.29, 1.82) is 0 Å². The third-order valence-electron chi connectivity index (χ3n) is 2.50. The summed E-state index contributed by atoms with van der Waals surface area (Å²) in [5.74, 6) is -0.111. The molecule has 1 aromatic carbocycles. The highest BCUT2D eigenvalue weighted by molar-refractivity contribution is 9.10. The smallest absolute Gasteiger partial charge is 0.258 e. The van der Waals surface area contributed by atoms with Gasteiger partial charge in [0.05, 0.1) is 16.9 Å². The molecule has 2 aromatic rings.